The molecule has 2 aromatic rings. The molecule has 0 aromatic heterocycles. The molecule has 0 aliphatic carbocycles. The number of carbonyl (C=O) groups is 1. The summed E-state index contributed by atoms with van der Waals surface area (Å²) in [5, 5.41) is 29.9. The normalized spacial score (nSPS) is 10.8. The summed E-state index contributed by atoms with van der Waals surface area (Å²) in [6.45, 7) is 0. The number of benzene rings is 2. The van der Waals surface area contributed by atoms with Crippen molar-refractivity contribution in [2.24, 2.45) is 0 Å². The molecule has 0 fully saturated rings. The largest absolute Gasteiger partial charge is 0.500 e. The standard InChI is InChI=1S/C17H11FN2O5/c1-25-15-8-10(7-14(17(15)22)20(23)24)6-11(9-19)16(21)12-4-2-3-5-13(12)18/h2-8,22H,1H3/b11-6+. The summed E-state index contributed by atoms with van der Waals surface area (Å²) in [4.78, 5) is 22.4. The number of aromatic hydroxyl groups is 1. The third kappa shape index (κ3) is 3.61. The van der Waals surface area contributed by atoms with E-state index in [9.17, 15) is 29.7 Å². The molecule has 0 heterocycles. The second-order valence-corrected chi connectivity index (χ2v) is 4.83. The number of rotatable bonds is 5. The molecule has 8 heteroatoms. The van der Waals surface area contributed by atoms with Crippen molar-refractivity contribution in [3.05, 3.63) is 69.0 Å². The van der Waals surface area contributed by atoms with Crippen LogP contribution in [0.2, 0.25) is 0 Å². The fourth-order valence-electron chi connectivity index (χ4n) is 2.10. The van der Waals surface area contributed by atoms with E-state index in [1.54, 1.807) is 6.07 Å². The van der Waals surface area contributed by atoms with Crippen LogP contribution in [-0.2, 0) is 0 Å². The van der Waals surface area contributed by atoms with Crippen molar-refractivity contribution in [1.29, 1.82) is 5.26 Å². The molecule has 0 unspecified atom stereocenters. The summed E-state index contributed by atoms with van der Waals surface area (Å²) in [5.41, 5.74) is -1.30. The summed E-state index contributed by atoms with van der Waals surface area (Å²) < 4.78 is 18.6. The quantitative estimate of drug-likeness (QED) is 0.293. The van der Waals surface area contributed by atoms with Gasteiger partial charge in [-0.25, -0.2) is 4.39 Å². The van der Waals surface area contributed by atoms with Gasteiger partial charge in [-0.1, -0.05) is 12.1 Å². The van der Waals surface area contributed by atoms with Gasteiger partial charge >= 0.3 is 5.69 Å². The van der Waals surface area contributed by atoms with Crippen molar-refractivity contribution in [3.8, 4) is 17.6 Å². The van der Waals surface area contributed by atoms with Gasteiger partial charge in [0.25, 0.3) is 0 Å². The van der Waals surface area contributed by atoms with E-state index in [1.807, 2.05) is 0 Å². The maximum Gasteiger partial charge on any atom is 0.315 e. The number of nitro benzene ring substituents is 1. The van der Waals surface area contributed by atoms with E-state index in [0.29, 0.717) is 0 Å². The second kappa shape index (κ2) is 7.23. The van der Waals surface area contributed by atoms with Gasteiger partial charge in [-0.05, 0) is 29.8 Å². The SMILES string of the molecule is COc1cc(/C=C(\C#N)C(=O)c2ccccc2F)cc([N+](=O)[O-])c1O. The maximum absolute atomic E-state index is 13.7. The van der Waals surface area contributed by atoms with Crippen LogP contribution in [0.1, 0.15) is 15.9 Å². The maximum atomic E-state index is 13.7. The number of ketones is 1. The summed E-state index contributed by atoms with van der Waals surface area (Å²) in [5.74, 6) is -2.53. The van der Waals surface area contributed by atoms with Crippen molar-refractivity contribution in [1.82, 2.24) is 0 Å². The molecule has 0 atom stereocenters. The van der Waals surface area contributed by atoms with Gasteiger partial charge in [0.1, 0.15) is 17.5 Å². The Balaban J connectivity index is 2.55. The topological polar surface area (TPSA) is 113 Å². The predicted molar refractivity (Wildman–Crippen MR) is 85.6 cm³/mol. The first-order valence-electron chi connectivity index (χ1n) is 6.85. The van der Waals surface area contributed by atoms with E-state index in [-0.39, 0.29) is 16.9 Å². The zero-order valence-corrected chi connectivity index (χ0v) is 12.9. The van der Waals surface area contributed by atoms with Crippen molar-refractivity contribution in [2.75, 3.05) is 7.11 Å². The highest BCUT2D eigenvalue weighted by atomic mass is 19.1. The number of nitro groups is 1. The van der Waals surface area contributed by atoms with Crippen LogP contribution in [0.4, 0.5) is 10.1 Å². The second-order valence-electron chi connectivity index (χ2n) is 4.83. The van der Waals surface area contributed by atoms with Crippen LogP contribution in [0.25, 0.3) is 6.08 Å². The highest BCUT2D eigenvalue weighted by molar-refractivity contribution is 6.14. The van der Waals surface area contributed by atoms with Crippen LogP contribution in [0, 0.1) is 27.3 Å². The Bertz CT molecular complexity index is 931. The number of ether oxygens (including phenoxy) is 1. The molecule has 7 nitrogen and oxygen atoms in total. The number of Topliss-reactive ketones (excluding diaryl/α,β-unsaturated/α-hetero) is 1. The lowest BCUT2D eigenvalue weighted by molar-refractivity contribution is -0.386. The molecule has 126 valence electrons. The van der Waals surface area contributed by atoms with Crippen LogP contribution in [0.5, 0.6) is 11.5 Å². The monoisotopic (exact) mass is 342 g/mol. The molecule has 0 saturated carbocycles. The minimum absolute atomic E-state index is 0.0718. The Morgan fingerprint density at radius 2 is 2.08 bits per heavy atom. The van der Waals surface area contributed by atoms with Crippen molar-refractivity contribution in [3.63, 3.8) is 0 Å². The highest BCUT2D eigenvalue weighted by Gasteiger charge is 2.21. The number of methoxy groups -OCH3 is 1. The molecule has 25 heavy (non-hydrogen) atoms. The summed E-state index contributed by atoms with van der Waals surface area (Å²) in [6, 6.07) is 8.99. The van der Waals surface area contributed by atoms with Crippen LogP contribution in [0.3, 0.4) is 0 Å². The molecule has 0 bridgehead atoms. The van der Waals surface area contributed by atoms with Gasteiger partial charge in [0.15, 0.2) is 5.75 Å². The Kier molecular flexibility index (Phi) is 5.09. The molecule has 2 aromatic carbocycles. The van der Waals surface area contributed by atoms with Crippen LogP contribution in [-0.4, -0.2) is 22.9 Å². The van der Waals surface area contributed by atoms with Gasteiger partial charge in [-0.3, -0.25) is 14.9 Å². The Hall–Kier alpha value is -3.73. The third-order valence-corrected chi connectivity index (χ3v) is 3.29. The van der Waals surface area contributed by atoms with Crippen LogP contribution in [0.15, 0.2) is 42.0 Å². The number of phenolic OH excluding ortho intramolecular Hbond substituents is 1. The average molecular weight is 342 g/mol. The molecule has 0 aliphatic rings. The highest BCUT2D eigenvalue weighted by Crippen LogP contribution is 2.37. The van der Waals surface area contributed by atoms with E-state index in [4.69, 9.17) is 4.74 Å². The lowest BCUT2D eigenvalue weighted by Gasteiger charge is -2.06. The Morgan fingerprint density at radius 3 is 2.64 bits per heavy atom. The number of carbonyl (C=O) groups excluding carboxylic acids is 1. The average Bonchev–Trinajstić information content (AvgIpc) is 2.60. The molecule has 2 rings (SSSR count). The first-order valence-corrected chi connectivity index (χ1v) is 6.85. The third-order valence-electron chi connectivity index (χ3n) is 3.29. The van der Waals surface area contributed by atoms with Crippen molar-refractivity contribution in [2.45, 2.75) is 0 Å². The molecular weight excluding hydrogens is 331 g/mol. The summed E-state index contributed by atoms with van der Waals surface area (Å²) in [7, 11) is 1.20. The molecule has 0 spiro atoms. The zero-order valence-electron chi connectivity index (χ0n) is 12.9. The number of allylic oxidation sites excluding steroid dienone is 1. The fraction of sp³-hybridized carbons (Fsp3) is 0.0588. The molecular formula is C17H11FN2O5. The zero-order chi connectivity index (χ0) is 18.6. The minimum Gasteiger partial charge on any atom is -0.500 e. The smallest absolute Gasteiger partial charge is 0.315 e. The van der Waals surface area contributed by atoms with Gasteiger partial charge in [-0.2, -0.15) is 5.26 Å². The molecule has 0 aliphatic heterocycles. The lowest BCUT2D eigenvalue weighted by atomic mass is 10.0. The minimum atomic E-state index is -0.865. The molecule has 0 saturated heterocycles. The molecule has 0 radical (unpaired) electrons. The van der Waals surface area contributed by atoms with Crippen molar-refractivity contribution < 1.29 is 24.0 Å². The van der Waals surface area contributed by atoms with E-state index < -0.39 is 33.5 Å². The number of hydrogen-bond acceptors (Lipinski definition) is 6. The summed E-state index contributed by atoms with van der Waals surface area (Å²) >= 11 is 0. The number of nitrogens with zero attached hydrogens (tertiary/aromatic N) is 2. The van der Waals surface area contributed by atoms with Crippen LogP contribution >= 0.6 is 0 Å². The van der Waals surface area contributed by atoms with E-state index >= 15 is 0 Å². The number of halogens is 1. The van der Waals surface area contributed by atoms with Gasteiger partial charge in [0.2, 0.25) is 11.5 Å². The molecule has 0 amide bonds. The van der Waals surface area contributed by atoms with Gasteiger partial charge in [-0.15, -0.1) is 0 Å². The Morgan fingerprint density at radius 1 is 1.40 bits per heavy atom. The molecule has 1 N–H and O–H groups in total. The van der Waals surface area contributed by atoms with E-state index in [2.05, 4.69) is 0 Å². The van der Waals surface area contributed by atoms with E-state index in [0.717, 1.165) is 18.2 Å². The first-order chi connectivity index (χ1) is 11.9. The predicted octanol–water partition coefficient (Wildman–Crippen LogP) is 3.24. The van der Waals surface area contributed by atoms with Gasteiger partial charge in [0.05, 0.1) is 17.6 Å². The number of nitriles is 1. The number of hydrogen-bond donors (Lipinski definition) is 1. The van der Waals surface area contributed by atoms with E-state index in [1.165, 1.54) is 31.4 Å². The van der Waals surface area contributed by atoms with Gasteiger partial charge < -0.3 is 9.84 Å². The first kappa shape index (κ1) is 17.6. The lowest BCUT2D eigenvalue weighted by Crippen LogP contribution is -2.04. The fourth-order valence-corrected chi connectivity index (χ4v) is 2.10. The summed E-state index contributed by atoms with van der Waals surface area (Å²) in [6.07, 6.45) is 1.06. The van der Waals surface area contributed by atoms with Crippen LogP contribution < -0.4 is 4.74 Å². The van der Waals surface area contributed by atoms with Crippen molar-refractivity contribution >= 4 is 17.5 Å². The Labute approximate surface area is 141 Å². The van der Waals surface area contributed by atoms with Gasteiger partial charge in [0, 0.05) is 6.07 Å². The number of phenols is 1.